The lowest BCUT2D eigenvalue weighted by molar-refractivity contribution is 0.304. The Balaban J connectivity index is 1.65. The molecular formula is C22H29NO2. The molecule has 0 spiro atoms. The molecule has 3 heteroatoms. The fraction of sp³-hybridized carbons (Fsp3) is 0.455. The fourth-order valence-electron chi connectivity index (χ4n) is 4.13. The zero-order valence-electron chi connectivity index (χ0n) is 15.4. The molecule has 0 bridgehead atoms. The van der Waals surface area contributed by atoms with E-state index in [1.165, 1.54) is 30.4 Å². The number of phenolic OH excluding ortho intramolecular Hbond substituents is 1. The fourth-order valence-corrected chi connectivity index (χ4v) is 4.13. The minimum atomic E-state index is 0.188. The highest BCUT2D eigenvalue weighted by Gasteiger charge is 2.38. The van der Waals surface area contributed by atoms with Gasteiger partial charge in [0.1, 0.15) is 11.5 Å². The van der Waals surface area contributed by atoms with Crippen molar-refractivity contribution < 1.29 is 9.84 Å². The maximum atomic E-state index is 9.89. The van der Waals surface area contributed by atoms with Gasteiger partial charge >= 0.3 is 0 Å². The van der Waals surface area contributed by atoms with Crippen molar-refractivity contribution in [2.75, 3.05) is 26.7 Å². The van der Waals surface area contributed by atoms with Gasteiger partial charge in [-0.3, -0.25) is 0 Å². The highest BCUT2D eigenvalue weighted by molar-refractivity contribution is 5.34. The van der Waals surface area contributed by atoms with Crippen LogP contribution in [-0.4, -0.2) is 36.8 Å². The second-order valence-corrected chi connectivity index (χ2v) is 7.20. The molecule has 2 aromatic rings. The topological polar surface area (TPSA) is 32.7 Å². The zero-order valence-corrected chi connectivity index (χ0v) is 15.4. The summed E-state index contributed by atoms with van der Waals surface area (Å²) in [5, 5.41) is 9.89. The Hall–Kier alpha value is -2.00. The highest BCUT2D eigenvalue weighted by atomic mass is 16.5. The van der Waals surface area contributed by atoms with Crippen molar-refractivity contribution in [2.24, 2.45) is 0 Å². The second kappa shape index (κ2) is 7.92. The number of nitrogens with zero attached hydrogens (tertiary/aromatic N) is 1. The molecule has 3 nitrogen and oxygen atoms in total. The lowest BCUT2D eigenvalue weighted by Crippen LogP contribution is -2.32. The third-order valence-corrected chi connectivity index (χ3v) is 5.50. The molecule has 1 atom stereocenters. The molecule has 0 amide bonds. The van der Waals surface area contributed by atoms with E-state index in [0.717, 1.165) is 31.8 Å². The standard InChI is InChI=1S/C22H29NO2/c1-3-12-22(19-5-4-6-20(24)16-19)13-15-23(17-22)14-11-18-7-9-21(25-2)10-8-18/h4-10,16,24H,3,11-15,17H2,1-2H3. The summed E-state index contributed by atoms with van der Waals surface area (Å²) in [6.07, 6.45) is 4.58. The third kappa shape index (κ3) is 4.16. The summed E-state index contributed by atoms with van der Waals surface area (Å²) in [6.45, 7) is 5.55. The summed E-state index contributed by atoms with van der Waals surface area (Å²) < 4.78 is 5.23. The molecule has 1 aliphatic heterocycles. The van der Waals surface area contributed by atoms with Gasteiger partial charge in [-0.1, -0.05) is 37.6 Å². The molecule has 1 aliphatic rings. The van der Waals surface area contributed by atoms with Crippen LogP contribution in [0.5, 0.6) is 11.5 Å². The number of ether oxygens (including phenoxy) is 1. The van der Waals surface area contributed by atoms with Gasteiger partial charge in [0.05, 0.1) is 7.11 Å². The Morgan fingerprint density at radius 3 is 2.64 bits per heavy atom. The lowest BCUT2D eigenvalue weighted by atomic mass is 9.76. The predicted molar refractivity (Wildman–Crippen MR) is 102 cm³/mol. The summed E-state index contributed by atoms with van der Waals surface area (Å²) in [5.74, 6) is 1.29. The van der Waals surface area contributed by atoms with E-state index in [1.54, 1.807) is 13.2 Å². The molecule has 0 aliphatic carbocycles. The van der Waals surface area contributed by atoms with Crippen molar-refractivity contribution in [3.05, 3.63) is 59.7 Å². The van der Waals surface area contributed by atoms with Crippen LogP contribution in [0.25, 0.3) is 0 Å². The maximum absolute atomic E-state index is 9.89. The quantitative estimate of drug-likeness (QED) is 0.812. The van der Waals surface area contributed by atoms with Gasteiger partial charge < -0.3 is 14.7 Å². The summed E-state index contributed by atoms with van der Waals surface area (Å²) in [6, 6.07) is 16.3. The Kier molecular flexibility index (Phi) is 5.64. The summed E-state index contributed by atoms with van der Waals surface area (Å²) in [5.41, 5.74) is 2.83. The molecule has 25 heavy (non-hydrogen) atoms. The van der Waals surface area contributed by atoms with E-state index in [1.807, 2.05) is 24.3 Å². The Labute approximate surface area is 151 Å². The summed E-state index contributed by atoms with van der Waals surface area (Å²) in [7, 11) is 1.70. The van der Waals surface area contributed by atoms with Gasteiger partial charge in [0.25, 0.3) is 0 Å². The first kappa shape index (κ1) is 17.8. The second-order valence-electron chi connectivity index (χ2n) is 7.20. The first-order valence-corrected chi connectivity index (χ1v) is 9.30. The molecule has 0 saturated carbocycles. The molecule has 1 saturated heterocycles. The van der Waals surface area contributed by atoms with Crippen LogP contribution in [0.2, 0.25) is 0 Å². The Morgan fingerprint density at radius 1 is 1.16 bits per heavy atom. The van der Waals surface area contributed by atoms with Crippen molar-refractivity contribution in [1.29, 1.82) is 0 Å². The van der Waals surface area contributed by atoms with Crippen LogP contribution in [0.1, 0.15) is 37.3 Å². The van der Waals surface area contributed by atoms with Crippen molar-refractivity contribution in [3.63, 3.8) is 0 Å². The monoisotopic (exact) mass is 339 g/mol. The molecule has 1 fully saturated rings. The number of hydrogen-bond donors (Lipinski definition) is 1. The highest BCUT2D eigenvalue weighted by Crippen LogP contribution is 2.39. The number of methoxy groups -OCH3 is 1. The van der Waals surface area contributed by atoms with E-state index in [9.17, 15) is 5.11 Å². The van der Waals surface area contributed by atoms with Gasteiger partial charge in [-0.05, 0) is 61.2 Å². The van der Waals surface area contributed by atoms with Crippen LogP contribution in [0.15, 0.2) is 48.5 Å². The summed E-state index contributed by atoms with van der Waals surface area (Å²) in [4.78, 5) is 2.57. The maximum Gasteiger partial charge on any atom is 0.118 e. The molecule has 3 rings (SSSR count). The van der Waals surface area contributed by atoms with Gasteiger partial charge in [-0.2, -0.15) is 0 Å². The molecular weight excluding hydrogens is 310 g/mol. The average Bonchev–Trinajstić information content (AvgIpc) is 3.05. The van der Waals surface area contributed by atoms with Crippen molar-refractivity contribution in [3.8, 4) is 11.5 Å². The van der Waals surface area contributed by atoms with Gasteiger partial charge in [-0.25, -0.2) is 0 Å². The van der Waals surface area contributed by atoms with Crippen LogP contribution in [0.3, 0.4) is 0 Å². The first-order valence-electron chi connectivity index (χ1n) is 9.30. The molecule has 0 radical (unpaired) electrons. The third-order valence-electron chi connectivity index (χ3n) is 5.50. The number of benzene rings is 2. The van der Waals surface area contributed by atoms with E-state index in [2.05, 4.69) is 30.0 Å². The normalized spacial score (nSPS) is 20.7. The van der Waals surface area contributed by atoms with Gasteiger partial charge in [0.2, 0.25) is 0 Å². The van der Waals surface area contributed by atoms with Crippen LogP contribution in [0.4, 0.5) is 0 Å². The van der Waals surface area contributed by atoms with Gasteiger partial charge in [-0.15, -0.1) is 0 Å². The molecule has 134 valence electrons. The van der Waals surface area contributed by atoms with Crippen molar-refractivity contribution in [1.82, 2.24) is 4.90 Å². The number of aromatic hydroxyl groups is 1. The SMILES string of the molecule is CCCC1(c2cccc(O)c2)CCN(CCc2ccc(OC)cc2)C1. The minimum Gasteiger partial charge on any atom is -0.508 e. The van der Waals surface area contributed by atoms with Crippen LogP contribution in [-0.2, 0) is 11.8 Å². The van der Waals surface area contributed by atoms with Crippen molar-refractivity contribution in [2.45, 2.75) is 38.0 Å². The van der Waals surface area contributed by atoms with Crippen molar-refractivity contribution >= 4 is 0 Å². The molecule has 1 heterocycles. The smallest absolute Gasteiger partial charge is 0.118 e. The number of rotatable bonds is 7. The van der Waals surface area contributed by atoms with Crippen LogP contribution >= 0.6 is 0 Å². The van der Waals surface area contributed by atoms with Gasteiger partial charge in [0, 0.05) is 18.5 Å². The van der Waals surface area contributed by atoms with E-state index in [-0.39, 0.29) is 5.41 Å². The van der Waals surface area contributed by atoms with Crippen LogP contribution in [0, 0.1) is 0 Å². The molecule has 1 unspecified atom stereocenters. The van der Waals surface area contributed by atoms with E-state index < -0.39 is 0 Å². The van der Waals surface area contributed by atoms with E-state index in [4.69, 9.17) is 4.74 Å². The molecule has 2 aromatic carbocycles. The number of hydrogen-bond acceptors (Lipinski definition) is 3. The summed E-state index contributed by atoms with van der Waals surface area (Å²) >= 11 is 0. The Bertz CT molecular complexity index is 683. The Morgan fingerprint density at radius 2 is 1.96 bits per heavy atom. The molecule has 0 aromatic heterocycles. The largest absolute Gasteiger partial charge is 0.508 e. The minimum absolute atomic E-state index is 0.188. The molecule has 1 N–H and O–H groups in total. The number of phenols is 1. The average molecular weight is 339 g/mol. The predicted octanol–water partition coefficient (Wildman–Crippen LogP) is 4.39. The zero-order chi connectivity index (χ0) is 17.7. The number of likely N-dealkylation sites (tertiary alicyclic amines) is 1. The van der Waals surface area contributed by atoms with Gasteiger partial charge in [0.15, 0.2) is 0 Å². The van der Waals surface area contributed by atoms with Crippen LogP contribution < -0.4 is 4.74 Å². The first-order chi connectivity index (χ1) is 12.1. The van der Waals surface area contributed by atoms with E-state index >= 15 is 0 Å². The van der Waals surface area contributed by atoms with E-state index in [0.29, 0.717) is 5.75 Å². The lowest BCUT2D eigenvalue weighted by Gasteiger charge is -2.30.